The molecular formula is C24H19BrO7. The molecule has 2 bridgehead atoms. The van der Waals surface area contributed by atoms with Crippen LogP contribution in [0.1, 0.15) is 33.6 Å². The van der Waals surface area contributed by atoms with Crippen LogP contribution >= 0.6 is 15.9 Å². The van der Waals surface area contributed by atoms with Gasteiger partial charge in [0.2, 0.25) is 0 Å². The molecule has 2 saturated carbocycles. The van der Waals surface area contributed by atoms with Crippen molar-refractivity contribution < 1.29 is 33.4 Å². The molecule has 0 aromatic heterocycles. The van der Waals surface area contributed by atoms with Gasteiger partial charge in [0.05, 0.1) is 17.4 Å². The number of halogens is 1. The first kappa shape index (κ1) is 20.9. The Labute approximate surface area is 192 Å². The lowest BCUT2D eigenvalue weighted by Crippen LogP contribution is -2.34. The molecule has 0 amide bonds. The van der Waals surface area contributed by atoms with Crippen molar-refractivity contribution in [3.63, 3.8) is 0 Å². The van der Waals surface area contributed by atoms with Crippen molar-refractivity contribution in [1.29, 1.82) is 0 Å². The summed E-state index contributed by atoms with van der Waals surface area (Å²) >= 11 is 3.31. The van der Waals surface area contributed by atoms with Crippen LogP contribution in [0, 0.1) is 23.7 Å². The molecule has 0 unspecified atom stereocenters. The number of carbonyl (C=O) groups is 4. The summed E-state index contributed by atoms with van der Waals surface area (Å²) in [4.78, 5) is 49.3. The molecule has 1 heterocycles. The standard InChI is InChI=1S/C24H19BrO7/c25-15-5-1-13(2-6-15)22(27)31-16-7-3-12(4-8-16)18(26)11-30-23(28)20-14-9-17-19(10-14)32-24(29)21(17)20/h1-8,14,17,19-21H,9-11H2/t14-,17+,19-,20-,21+/m1/s1. The maximum absolute atomic E-state index is 12.6. The van der Waals surface area contributed by atoms with Crippen molar-refractivity contribution in [3.05, 3.63) is 64.1 Å². The fraction of sp³-hybridized carbons (Fsp3) is 0.333. The van der Waals surface area contributed by atoms with E-state index in [4.69, 9.17) is 14.2 Å². The molecule has 5 rings (SSSR count). The van der Waals surface area contributed by atoms with Gasteiger partial charge in [-0.2, -0.15) is 0 Å². The van der Waals surface area contributed by atoms with E-state index in [0.29, 0.717) is 23.3 Å². The average Bonchev–Trinajstić information content (AvgIpc) is 3.41. The Bertz CT molecular complexity index is 1090. The van der Waals surface area contributed by atoms with Crippen LogP contribution in [-0.2, 0) is 19.1 Å². The van der Waals surface area contributed by atoms with E-state index in [0.717, 1.165) is 10.9 Å². The van der Waals surface area contributed by atoms with E-state index >= 15 is 0 Å². The second-order valence-corrected chi connectivity index (χ2v) is 9.29. The van der Waals surface area contributed by atoms with Crippen molar-refractivity contribution >= 4 is 39.6 Å². The van der Waals surface area contributed by atoms with Gasteiger partial charge < -0.3 is 14.2 Å². The molecule has 3 aliphatic rings. The molecule has 164 valence electrons. The second-order valence-electron chi connectivity index (χ2n) is 8.37. The zero-order valence-electron chi connectivity index (χ0n) is 16.9. The molecule has 0 spiro atoms. The predicted octanol–water partition coefficient (Wildman–Crippen LogP) is 3.59. The van der Waals surface area contributed by atoms with Gasteiger partial charge in [-0.1, -0.05) is 15.9 Å². The first-order valence-electron chi connectivity index (χ1n) is 10.4. The van der Waals surface area contributed by atoms with E-state index in [1.807, 2.05) is 0 Å². The van der Waals surface area contributed by atoms with Crippen LogP contribution in [0.5, 0.6) is 5.75 Å². The number of fused-ring (bicyclic) bond motifs is 1. The number of ether oxygens (including phenoxy) is 3. The van der Waals surface area contributed by atoms with Gasteiger partial charge in [-0.25, -0.2) is 4.79 Å². The van der Waals surface area contributed by atoms with Crippen LogP contribution in [0.4, 0.5) is 0 Å². The summed E-state index contributed by atoms with van der Waals surface area (Å²) in [6.07, 6.45) is 1.44. The Morgan fingerprint density at radius 1 is 0.969 bits per heavy atom. The van der Waals surface area contributed by atoms with E-state index in [-0.39, 0.29) is 29.7 Å². The number of Topliss-reactive ketones (excluding diaryl/α,β-unsaturated/α-hetero) is 1. The summed E-state index contributed by atoms with van der Waals surface area (Å²) in [6, 6.07) is 12.8. The van der Waals surface area contributed by atoms with Crippen molar-refractivity contribution in [2.45, 2.75) is 18.9 Å². The SMILES string of the molecule is O=C(COC(=O)[C@@H]1[C@@H]2C[C@@H]3[C@@H]1C(=O)O[C@@H]3C2)c1ccc(OC(=O)c2ccc(Br)cc2)cc1. The van der Waals surface area contributed by atoms with Gasteiger partial charge in [-0.3, -0.25) is 14.4 Å². The monoisotopic (exact) mass is 498 g/mol. The van der Waals surface area contributed by atoms with E-state index in [2.05, 4.69) is 15.9 Å². The number of ketones is 1. The Morgan fingerprint density at radius 2 is 1.66 bits per heavy atom. The molecule has 8 heteroatoms. The molecule has 1 saturated heterocycles. The lowest BCUT2D eigenvalue weighted by molar-refractivity contribution is -0.154. The summed E-state index contributed by atoms with van der Waals surface area (Å²) in [7, 11) is 0. The number of esters is 3. The van der Waals surface area contributed by atoms with Gasteiger partial charge in [0.1, 0.15) is 11.9 Å². The topological polar surface area (TPSA) is 96.0 Å². The minimum atomic E-state index is -0.514. The predicted molar refractivity (Wildman–Crippen MR) is 114 cm³/mol. The molecule has 0 N–H and O–H groups in total. The lowest BCUT2D eigenvalue weighted by Gasteiger charge is -2.22. The van der Waals surface area contributed by atoms with Crippen LogP contribution in [0.15, 0.2) is 53.0 Å². The van der Waals surface area contributed by atoms with Gasteiger partial charge in [0.25, 0.3) is 0 Å². The van der Waals surface area contributed by atoms with Gasteiger partial charge in [-0.15, -0.1) is 0 Å². The van der Waals surface area contributed by atoms with Crippen LogP contribution < -0.4 is 4.74 Å². The highest BCUT2D eigenvalue weighted by Crippen LogP contribution is 2.57. The minimum Gasteiger partial charge on any atom is -0.462 e. The molecule has 2 aromatic rings. The highest BCUT2D eigenvalue weighted by Gasteiger charge is 2.64. The van der Waals surface area contributed by atoms with Gasteiger partial charge >= 0.3 is 17.9 Å². The summed E-state index contributed by atoms with van der Waals surface area (Å²) in [5.74, 6) is -2.17. The zero-order chi connectivity index (χ0) is 22.4. The van der Waals surface area contributed by atoms with Crippen molar-refractivity contribution in [2.75, 3.05) is 6.61 Å². The third-order valence-electron chi connectivity index (χ3n) is 6.57. The highest BCUT2D eigenvalue weighted by atomic mass is 79.9. The number of hydrogen-bond donors (Lipinski definition) is 0. The fourth-order valence-electron chi connectivity index (χ4n) is 5.10. The molecule has 1 aliphatic heterocycles. The van der Waals surface area contributed by atoms with Crippen LogP contribution in [-0.4, -0.2) is 36.4 Å². The summed E-state index contributed by atoms with van der Waals surface area (Å²) in [5.41, 5.74) is 0.730. The molecule has 0 radical (unpaired) electrons. The first-order valence-corrected chi connectivity index (χ1v) is 11.2. The largest absolute Gasteiger partial charge is 0.462 e. The van der Waals surface area contributed by atoms with Crippen LogP contribution in [0.25, 0.3) is 0 Å². The van der Waals surface area contributed by atoms with Crippen LogP contribution in [0.2, 0.25) is 0 Å². The van der Waals surface area contributed by atoms with E-state index in [1.54, 1.807) is 24.3 Å². The van der Waals surface area contributed by atoms with Gasteiger partial charge in [0, 0.05) is 16.0 Å². The number of carbonyl (C=O) groups excluding carboxylic acids is 4. The van der Waals surface area contributed by atoms with E-state index in [9.17, 15) is 19.2 Å². The Morgan fingerprint density at radius 3 is 2.38 bits per heavy atom. The number of hydrogen-bond acceptors (Lipinski definition) is 7. The Kier molecular flexibility index (Phi) is 5.33. The second kappa shape index (κ2) is 8.16. The average molecular weight is 499 g/mol. The van der Waals surface area contributed by atoms with Crippen molar-refractivity contribution in [1.82, 2.24) is 0 Å². The number of benzene rings is 2. The van der Waals surface area contributed by atoms with E-state index in [1.165, 1.54) is 24.3 Å². The third-order valence-corrected chi connectivity index (χ3v) is 7.10. The Hall–Kier alpha value is -3.00. The molecular weight excluding hydrogens is 480 g/mol. The summed E-state index contributed by atoms with van der Waals surface area (Å²) < 4.78 is 16.8. The van der Waals surface area contributed by atoms with Crippen molar-refractivity contribution in [3.8, 4) is 5.75 Å². The molecule has 32 heavy (non-hydrogen) atoms. The summed E-state index contributed by atoms with van der Waals surface area (Å²) in [5, 5.41) is 0. The maximum atomic E-state index is 12.6. The zero-order valence-corrected chi connectivity index (χ0v) is 18.4. The molecule has 2 aromatic carbocycles. The smallest absolute Gasteiger partial charge is 0.343 e. The highest BCUT2D eigenvalue weighted by molar-refractivity contribution is 9.10. The maximum Gasteiger partial charge on any atom is 0.343 e. The van der Waals surface area contributed by atoms with Gasteiger partial charge in [-0.05, 0) is 67.3 Å². The molecule has 3 fully saturated rings. The third kappa shape index (κ3) is 3.72. The van der Waals surface area contributed by atoms with Crippen LogP contribution in [0.3, 0.4) is 0 Å². The van der Waals surface area contributed by atoms with E-state index < -0.39 is 30.4 Å². The molecule has 7 nitrogen and oxygen atoms in total. The molecule has 2 aliphatic carbocycles. The molecule has 5 atom stereocenters. The first-order chi connectivity index (χ1) is 15.4. The lowest BCUT2D eigenvalue weighted by atomic mass is 9.80. The quantitative estimate of drug-likeness (QED) is 0.341. The fourth-order valence-corrected chi connectivity index (χ4v) is 5.37. The normalized spacial score (nSPS) is 27.2. The minimum absolute atomic E-state index is 0.0560. The summed E-state index contributed by atoms with van der Waals surface area (Å²) in [6.45, 7) is -0.407. The number of rotatable bonds is 6. The Balaban J connectivity index is 1.16. The van der Waals surface area contributed by atoms with Gasteiger partial charge in [0.15, 0.2) is 12.4 Å². The van der Waals surface area contributed by atoms with Crippen molar-refractivity contribution in [2.24, 2.45) is 23.7 Å².